The number of unbranched alkanes of at least 4 members (excludes halogenated alkanes) is 1. The van der Waals surface area contributed by atoms with Crippen molar-refractivity contribution in [3.8, 4) is 0 Å². The van der Waals surface area contributed by atoms with Gasteiger partial charge >= 0.3 is 5.97 Å². The molecule has 2 rings (SSSR count). The second-order valence-electron chi connectivity index (χ2n) is 6.74. The summed E-state index contributed by atoms with van der Waals surface area (Å²) >= 11 is 35.2. The summed E-state index contributed by atoms with van der Waals surface area (Å²) in [6, 6.07) is 10.8. The van der Waals surface area contributed by atoms with Gasteiger partial charge in [-0.25, -0.2) is 4.79 Å². The molecule has 0 aliphatic heterocycles. The average Bonchev–Trinajstić information content (AvgIpc) is 2.73. The van der Waals surface area contributed by atoms with E-state index >= 15 is 0 Å². The summed E-state index contributed by atoms with van der Waals surface area (Å²) in [5.41, 5.74) is 1.11. The first-order valence-corrected chi connectivity index (χ1v) is 12.0. The number of amides is 1. The molecule has 12 heteroatoms. The molecule has 178 valence electrons. The Bertz CT molecular complexity index is 1000. The number of anilines is 1. The number of alkyl halides is 3. The van der Waals surface area contributed by atoms with Gasteiger partial charge in [-0.2, -0.15) is 0 Å². The standard InChI is InChI=1S/C21H20Cl5N3O3S/c1-2-3-10-32-18(31)12-4-7-14(8-5-12)27-20(33)29-19(21(24,25)26)28-17(30)15-9-6-13(22)11-16(15)23/h4-9,11,19H,2-3,10H2,1H3,(H,28,30)(H2,27,29,33). The lowest BCUT2D eigenvalue weighted by atomic mass is 10.2. The number of benzene rings is 2. The van der Waals surface area contributed by atoms with E-state index in [4.69, 9.17) is 75.0 Å². The van der Waals surface area contributed by atoms with Crippen LogP contribution in [0.25, 0.3) is 0 Å². The molecular weight excluding hydrogens is 552 g/mol. The molecule has 0 aliphatic rings. The van der Waals surface area contributed by atoms with Crippen molar-refractivity contribution in [3.63, 3.8) is 0 Å². The van der Waals surface area contributed by atoms with E-state index in [0.29, 0.717) is 22.9 Å². The lowest BCUT2D eigenvalue weighted by molar-refractivity contribution is 0.0499. The van der Waals surface area contributed by atoms with Crippen LogP contribution in [0, 0.1) is 0 Å². The van der Waals surface area contributed by atoms with Crippen molar-refractivity contribution in [1.82, 2.24) is 10.6 Å². The molecule has 0 fully saturated rings. The van der Waals surface area contributed by atoms with Crippen molar-refractivity contribution < 1.29 is 14.3 Å². The molecule has 3 N–H and O–H groups in total. The second kappa shape index (κ2) is 12.8. The van der Waals surface area contributed by atoms with Crippen LogP contribution in [0.4, 0.5) is 5.69 Å². The van der Waals surface area contributed by atoms with Crippen LogP contribution in [0.5, 0.6) is 0 Å². The van der Waals surface area contributed by atoms with E-state index in [1.54, 1.807) is 24.3 Å². The van der Waals surface area contributed by atoms with Crippen LogP contribution in [0.3, 0.4) is 0 Å². The van der Waals surface area contributed by atoms with Gasteiger partial charge in [-0.3, -0.25) is 4.79 Å². The van der Waals surface area contributed by atoms with Gasteiger partial charge in [0.2, 0.25) is 3.79 Å². The Labute approximate surface area is 222 Å². The maximum absolute atomic E-state index is 12.6. The normalized spacial score (nSPS) is 11.9. The van der Waals surface area contributed by atoms with E-state index < -0.39 is 21.8 Å². The largest absolute Gasteiger partial charge is 0.462 e. The van der Waals surface area contributed by atoms with E-state index in [1.165, 1.54) is 18.2 Å². The highest BCUT2D eigenvalue weighted by atomic mass is 35.6. The predicted octanol–water partition coefficient (Wildman–Crippen LogP) is 6.36. The average molecular weight is 572 g/mol. The Morgan fingerprint density at radius 2 is 1.73 bits per heavy atom. The Hall–Kier alpha value is -1.48. The minimum absolute atomic E-state index is 0.0621. The predicted molar refractivity (Wildman–Crippen MR) is 139 cm³/mol. The van der Waals surface area contributed by atoms with Crippen molar-refractivity contribution >= 4 is 92.9 Å². The highest BCUT2D eigenvalue weighted by Crippen LogP contribution is 2.30. The van der Waals surface area contributed by atoms with Crippen molar-refractivity contribution in [2.45, 2.75) is 29.7 Å². The molecule has 0 aromatic heterocycles. The third kappa shape index (κ3) is 9.00. The number of nitrogens with one attached hydrogen (secondary N) is 3. The van der Waals surface area contributed by atoms with Gasteiger partial charge in [-0.1, -0.05) is 71.3 Å². The number of esters is 1. The number of hydrogen-bond acceptors (Lipinski definition) is 4. The molecule has 1 unspecified atom stereocenters. The summed E-state index contributed by atoms with van der Waals surface area (Å²) in [5.74, 6) is -1.01. The van der Waals surface area contributed by atoms with E-state index in [2.05, 4.69) is 16.0 Å². The molecule has 0 heterocycles. The molecule has 33 heavy (non-hydrogen) atoms. The molecule has 0 radical (unpaired) electrons. The molecule has 0 saturated carbocycles. The number of ether oxygens (including phenoxy) is 1. The Morgan fingerprint density at radius 3 is 2.30 bits per heavy atom. The molecule has 0 bridgehead atoms. The SMILES string of the molecule is CCCCOC(=O)c1ccc(NC(=S)NC(NC(=O)c2ccc(Cl)cc2Cl)C(Cl)(Cl)Cl)cc1. The smallest absolute Gasteiger partial charge is 0.338 e. The van der Waals surface area contributed by atoms with Gasteiger partial charge in [-0.05, 0) is 61.1 Å². The molecule has 1 amide bonds. The van der Waals surface area contributed by atoms with Gasteiger partial charge < -0.3 is 20.7 Å². The van der Waals surface area contributed by atoms with Crippen LogP contribution in [0.15, 0.2) is 42.5 Å². The van der Waals surface area contributed by atoms with E-state index in [9.17, 15) is 9.59 Å². The second-order valence-corrected chi connectivity index (χ2v) is 10.4. The Balaban J connectivity index is 2.01. The summed E-state index contributed by atoms with van der Waals surface area (Å²) in [4.78, 5) is 24.6. The zero-order chi connectivity index (χ0) is 24.6. The molecule has 2 aromatic carbocycles. The fourth-order valence-electron chi connectivity index (χ4n) is 2.46. The topological polar surface area (TPSA) is 79.5 Å². The summed E-state index contributed by atoms with van der Waals surface area (Å²) < 4.78 is 3.22. The molecule has 1 atom stereocenters. The van der Waals surface area contributed by atoms with Crippen LogP contribution >= 0.6 is 70.2 Å². The van der Waals surface area contributed by atoms with Crippen LogP contribution < -0.4 is 16.0 Å². The van der Waals surface area contributed by atoms with Crippen LogP contribution in [0.1, 0.15) is 40.5 Å². The Morgan fingerprint density at radius 1 is 1.06 bits per heavy atom. The number of hydrogen-bond donors (Lipinski definition) is 3. The lowest BCUT2D eigenvalue weighted by Crippen LogP contribution is -2.56. The molecule has 2 aromatic rings. The van der Waals surface area contributed by atoms with Crippen molar-refractivity contribution in [1.29, 1.82) is 0 Å². The number of carbonyl (C=O) groups excluding carboxylic acids is 2. The summed E-state index contributed by atoms with van der Waals surface area (Å²) in [6.45, 7) is 2.38. The van der Waals surface area contributed by atoms with E-state index in [-0.39, 0.29) is 15.7 Å². The Kier molecular flexibility index (Phi) is 10.8. The van der Waals surface area contributed by atoms with Gasteiger partial charge in [0, 0.05) is 10.7 Å². The lowest BCUT2D eigenvalue weighted by Gasteiger charge is -2.28. The molecule has 0 saturated heterocycles. The zero-order valence-electron chi connectivity index (χ0n) is 17.3. The summed E-state index contributed by atoms with van der Waals surface area (Å²) in [6.07, 6.45) is 0.536. The number of carbonyl (C=O) groups is 2. The fourth-order valence-corrected chi connectivity index (χ4v) is 3.52. The van der Waals surface area contributed by atoms with Crippen molar-refractivity contribution in [2.75, 3.05) is 11.9 Å². The quantitative estimate of drug-likeness (QED) is 0.112. The van der Waals surface area contributed by atoms with Gasteiger partial charge in [0.25, 0.3) is 5.91 Å². The van der Waals surface area contributed by atoms with Gasteiger partial charge in [0.15, 0.2) is 5.11 Å². The third-order valence-electron chi connectivity index (χ3n) is 4.16. The van der Waals surface area contributed by atoms with Gasteiger partial charge in [-0.15, -0.1) is 0 Å². The molecule has 0 spiro atoms. The first kappa shape index (κ1) is 27.8. The number of halogens is 5. The number of rotatable bonds is 8. The minimum Gasteiger partial charge on any atom is -0.462 e. The maximum Gasteiger partial charge on any atom is 0.338 e. The van der Waals surface area contributed by atoms with Gasteiger partial charge in [0.05, 0.1) is 22.8 Å². The summed E-state index contributed by atoms with van der Waals surface area (Å²) in [7, 11) is 0. The first-order chi connectivity index (χ1) is 15.5. The molecule has 0 aliphatic carbocycles. The zero-order valence-corrected chi connectivity index (χ0v) is 21.9. The van der Waals surface area contributed by atoms with E-state index in [0.717, 1.165) is 12.8 Å². The highest BCUT2D eigenvalue weighted by molar-refractivity contribution is 7.80. The monoisotopic (exact) mass is 569 g/mol. The molecular formula is C21H20Cl5N3O3S. The first-order valence-electron chi connectivity index (χ1n) is 9.68. The van der Waals surface area contributed by atoms with E-state index in [1.807, 2.05) is 6.92 Å². The van der Waals surface area contributed by atoms with Crippen molar-refractivity contribution in [2.24, 2.45) is 0 Å². The van der Waals surface area contributed by atoms with Crippen LogP contribution in [-0.4, -0.2) is 33.6 Å². The fraction of sp³-hybridized carbons (Fsp3) is 0.286. The number of thiocarbonyl (C=S) groups is 1. The third-order valence-corrected chi connectivity index (χ3v) is 5.59. The van der Waals surface area contributed by atoms with Crippen LogP contribution in [-0.2, 0) is 4.74 Å². The van der Waals surface area contributed by atoms with Crippen LogP contribution in [0.2, 0.25) is 10.0 Å². The minimum atomic E-state index is -1.95. The maximum atomic E-state index is 12.6. The highest BCUT2D eigenvalue weighted by Gasteiger charge is 2.35. The van der Waals surface area contributed by atoms with Gasteiger partial charge in [0.1, 0.15) is 6.17 Å². The van der Waals surface area contributed by atoms with Crippen molar-refractivity contribution in [3.05, 3.63) is 63.6 Å². The molecule has 6 nitrogen and oxygen atoms in total. The summed E-state index contributed by atoms with van der Waals surface area (Å²) in [5, 5.41) is 8.74.